The SMILES string of the molecule is CCN(CC)CCCn1c(-c2ccccc2Br)csc1=Nc1ccc(S(=O)(=O)N2CCOCC2)cc1. The maximum absolute atomic E-state index is 13.0. The fourth-order valence-corrected chi connectivity index (χ4v) is 7.09. The predicted molar refractivity (Wildman–Crippen MR) is 149 cm³/mol. The minimum atomic E-state index is -3.52. The Morgan fingerprint density at radius 1 is 1.06 bits per heavy atom. The zero-order chi connectivity index (χ0) is 25.5. The number of rotatable bonds is 10. The van der Waals surface area contributed by atoms with Crippen LogP contribution in [-0.2, 0) is 21.3 Å². The van der Waals surface area contributed by atoms with Gasteiger partial charge in [0.25, 0.3) is 0 Å². The molecule has 1 aliphatic rings. The van der Waals surface area contributed by atoms with Crippen molar-refractivity contribution < 1.29 is 13.2 Å². The molecule has 0 amide bonds. The molecule has 0 atom stereocenters. The van der Waals surface area contributed by atoms with E-state index in [1.807, 2.05) is 12.1 Å². The lowest BCUT2D eigenvalue weighted by molar-refractivity contribution is 0.0730. The highest BCUT2D eigenvalue weighted by Crippen LogP contribution is 2.29. The van der Waals surface area contributed by atoms with Crippen LogP contribution in [0.2, 0.25) is 0 Å². The minimum absolute atomic E-state index is 0.288. The molecule has 1 aromatic heterocycles. The van der Waals surface area contributed by atoms with Crippen LogP contribution in [0.1, 0.15) is 20.3 Å². The number of hydrogen-bond donors (Lipinski definition) is 0. The molecular formula is C26H33BrN4O3S2. The molecule has 7 nitrogen and oxygen atoms in total. The highest BCUT2D eigenvalue weighted by atomic mass is 79.9. The Morgan fingerprint density at radius 2 is 1.75 bits per heavy atom. The quantitative estimate of drug-likeness (QED) is 0.333. The Morgan fingerprint density at radius 3 is 2.42 bits per heavy atom. The van der Waals surface area contributed by atoms with Gasteiger partial charge < -0.3 is 14.2 Å². The molecule has 1 saturated heterocycles. The van der Waals surface area contributed by atoms with Crippen molar-refractivity contribution in [3.63, 3.8) is 0 Å². The van der Waals surface area contributed by atoms with Gasteiger partial charge in [-0.15, -0.1) is 11.3 Å². The first-order chi connectivity index (χ1) is 17.4. The first-order valence-corrected chi connectivity index (χ1v) is 15.4. The van der Waals surface area contributed by atoms with Gasteiger partial charge in [0, 0.05) is 35.1 Å². The largest absolute Gasteiger partial charge is 0.379 e. The molecule has 0 spiro atoms. The van der Waals surface area contributed by atoms with E-state index in [1.54, 1.807) is 35.6 Å². The van der Waals surface area contributed by atoms with Crippen molar-refractivity contribution in [2.45, 2.75) is 31.7 Å². The Balaban J connectivity index is 1.64. The van der Waals surface area contributed by atoms with Crippen LogP contribution in [0, 0.1) is 0 Å². The lowest BCUT2D eigenvalue weighted by Gasteiger charge is -2.26. The van der Waals surface area contributed by atoms with Crippen LogP contribution in [-0.4, -0.2) is 68.1 Å². The van der Waals surface area contributed by atoms with E-state index in [2.05, 4.69) is 56.8 Å². The number of hydrogen-bond acceptors (Lipinski definition) is 6. The third-order valence-electron chi connectivity index (χ3n) is 6.37. The Hall–Kier alpha value is -1.82. The van der Waals surface area contributed by atoms with Crippen molar-refractivity contribution in [2.75, 3.05) is 45.9 Å². The maximum atomic E-state index is 13.0. The van der Waals surface area contributed by atoms with Crippen LogP contribution in [0.15, 0.2) is 68.3 Å². The molecule has 0 bridgehead atoms. The smallest absolute Gasteiger partial charge is 0.243 e. The molecule has 3 aromatic rings. The average molecular weight is 594 g/mol. The van der Waals surface area contributed by atoms with Gasteiger partial charge in [0.2, 0.25) is 10.0 Å². The van der Waals surface area contributed by atoms with Gasteiger partial charge in [-0.25, -0.2) is 13.4 Å². The fraction of sp³-hybridized carbons (Fsp3) is 0.423. The average Bonchev–Trinajstić information content (AvgIpc) is 3.29. The van der Waals surface area contributed by atoms with E-state index in [0.717, 1.165) is 58.8 Å². The lowest BCUT2D eigenvalue weighted by Crippen LogP contribution is -2.40. The Labute approximate surface area is 226 Å². The molecule has 0 unspecified atom stereocenters. The van der Waals surface area contributed by atoms with Crippen LogP contribution in [0.4, 0.5) is 5.69 Å². The topological polar surface area (TPSA) is 67.1 Å². The second-order valence-electron chi connectivity index (χ2n) is 8.54. The van der Waals surface area contributed by atoms with Gasteiger partial charge in [-0.1, -0.05) is 48.0 Å². The van der Waals surface area contributed by atoms with E-state index in [0.29, 0.717) is 26.3 Å². The van der Waals surface area contributed by atoms with Crippen LogP contribution in [0.25, 0.3) is 11.3 Å². The van der Waals surface area contributed by atoms with Gasteiger partial charge in [-0.3, -0.25) is 0 Å². The Bertz CT molecular complexity index is 1310. The molecule has 0 radical (unpaired) electrons. The fourth-order valence-electron chi connectivity index (χ4n) is 4.25. The molecule has 1 aliphatic heterocycles. The molecule has 2 heterocycles. The van der Waals surface area contributed by atoms with Crippen LogP contribution in [0.5, 0.6) is 0 Å². The van der Waals surface area contributed by atoms with Gasteiger partial charge in [0.15, 0.2) is 4.80 Å². The summed E-state index contributed by atoms with van der Waals surface area (Å²) in [5.41, 5.74) is 2.98. The number of benzene rings is 2. The zero-order valence-corrected chi connectivity index (χ0v) is 24.0. The number of halogens is 1. The summed E-state index contributed by atoms with van der Waals surface area (Å²) in [5.74, 6) is 0. The van der Waals surface area contributed by atoms with Gasteiger partial charge in [0.05, 0.1) is 29.5 Å². The van der Waals surface area contributed by atoms with Gasteiger partial charge in [-0.2, -0.15) is 4.31 Å². The number of morpholine rings is 1. The number of ether oxygens (including phenoxy) is 1. The van der Waals surface area contributed by atoms with Crippen molar-refractivity contribution in [3.05, 3.63) is 63.2 Å². The van der Waals surface area contributed by atoms with Crippen molar-refractivity contribution in [1.29, 1.82) is 0 Å². The van der Waals surface area contributed by atoms with Gasteiger partial charge in [0.1, 0.15) is 0 Å². The molecule has 194 valence electrons. The molecule has 36 heavy (non-hydrogen) atoms. The van der Waals surface area contributed by atoms with E-state index in [1.165, 1.54) is 4.31 Å². The zero-order valence-electron chi connectivity index (χ0n) is 20.8. The highest BCUT2D eigenvalue weighted by Gasteiger charge is 2.26. The maximum Gasteiger partial charge on any atom is 0.243 e. The third kappa shape index (κ3) is 6.35. The second-order valence-corrected chi connectivity index (χ2v) is 12.2. The summed E-state index contributed by atoms with van der Waals surface area (Å²) < 4.78 is 36.0. The normalized spacial score (nSPS) is 15.6. The molecular weight excluding hydrogens is 560 g/mol. The number of aromatic nitrogens is 1. The molecule has 1 fully saturated rings. The van der Waals surface area contributed by atoms with E-state index in [4.69, 9.17) is 9.73 Å². The van der Waals surface area contributed by atoms with Gasteiger partial charge >= 0.3 is 0 Å². The lowest BCUT2D eigenvalue weighted by atomic mass is 10.2. The van der Waals surface area contributed by atoms with Crippen LogP contribution < -0.4 is 4.80 Å². The summed E-state index contributed by atoms with van der Waals surface area (Å²) in [6.45, 7) is 9.96. The summed E-state index contributed by atoms with van der Waals surface area (Å²) in [4.78, 5) is 8.52. The van der Waals surface area contributed by atoms with Gasteiger partial charge in [-0.05, 0) is 56.4 Å². The van der Waals surface area contributed by atoms with E-state index >= 15 is 0 Å². The predicted octanol–water partition coefficient (Wildman–Crippen LogP) is 4.96. The molecule has 4 rings (SSSR count). The summed E-state index contributed by atoms with van der Waals surface area (Å²) in [5, 5.41) is 2.15. The van der Waals surface area contributed by atoms with Crippen molar-refractivity contribution in [1.82, 2.24) is 13.8 Å². The van der Waals surface area contributed by atoms with Crippen LogP contribution in [0.3, 0.4) is 0 Å². The first kappa shape index (κ1) is 27.2. The van der Waals surface area contributed by atoms with Crippen molar-refractivity contribution >= 4 is 43.0 Å². The monoisotopic (exact) mass is 592 g/mol. The summed E-state index contributed by atoms with van der Waals surface area (Å²) in [6, 6.07) is 15.1. The first-order valence-electron chi connectivity index (χ1n) is 12.3. The van der Waals surface area contributed by atoms with Crippen LogP contribution >= 0.6 is 27.3 Å². The molecule has 10 heteroatoms. The minimum Gasteiger partial charge on any atom is -0.379 e. The number of sulfonamides is 1. The molecule has 0 saturated carbocycles. The molecule has 0 N–H and O–H groups in total. The van der Waals surface area contributed by atoms with E-state index in [-0.39, 0.29) is 4.90 Å². The van der Waals surface area contributed by atoms with E-state index < -0.39 is 10.0 Å². The number of thiazole rings is 1. The summed E-state index contributed by atoms with van der Waals surface area (Å²) in [6.07, 6.45) is 1.01. The van der Waals surface area contributed by atoms with E-state index in [9.17, 15) is 8.42 Å². The van der Waals surface area contributed by atoms with Crippen molar-refractivity contribution in [2.24, 2.45) is 4.99 Å². The molecule has 0 aliphatic carbocycles. The third-order valence-corrected chi connectivity index (χ3v) is 9.84. The second kappa shape index (κ2) is 12.6. The van der Waals surface area contributed by atoms with Crippen molar-refractivity contribution in [3.8, 4) is 11.3 Å². The standard InChI is InChI=1S/C26H33BrN4O3S2/c1-3-29(4-2)14-7-15-31-25(23-8-5-6-9-24(23)27)20-35-26(31)28-21-10-12-22(13-11-21)36(32,33)30-16-18-34-19-17-30/h5-6,8-13,20H,3-4,7,14-19H2,1-2H3. The summed E-state index contributed by atoms with van der Waals surface area (Å²) >= 11 is 5.30. The summed E-state index contributed by atoms with van der Waals surface area (Å²) in [7, 11) is -3.52. The molecule has 2 aromatic carbocycles. The number of nitrogens with zero attached hydrogens (tertiary/aromatic N) is 4. The Kier molecular flexibility index (Phi) is 9.54. The highest BCUT2D eigenvalue weighted by molar-refractivity contribution is 9.10.